The molecule has 0 spiro atoms. The fourth-order valence-corrected chi connectivity index (χ4v) is 4.11. The fourth-order valence-electron chi connectivity index (χ4n) is 2.84. The van der Waals surface area contributed by atoms with Crippen LogP contribution in [0, 0.1) is 13.8 Å². The summed E-state index contributed by atoms with van der Waals surface area (Å²) in [4.78, 5) is 28.3. The van der Waals surface area contributed by atoms with Gasteiger partial charge in [0.2, 0.25) is 5.91 Å². The van der Waals surface area contributed by atoms with Crippen LogP contribution in [0.15, 0.2) is 29.2 Å². The van der Waals surface area contributed by atoms with Crippen molar-refractivity contribution in [1.29, 1.82) is 0 Å². The zero-order valence-corrected chi connectivity index (χ0v) is 15.2. The third-order valence-electron chi connectivity index (χ3n) is 4.43. The summed E-state index contributed by atoms with van der Waals surface area (Å²) in [5, 5.41) is 7.20. The summed E-state index contributed by atoms with van der Waals surface area (Å²) in [6.07, 6.45) is 0. The first-order valence-corrected chi connectivity index (χ1v) is 8.45. The van der Waals surface area contributed by atoms with E-state index in [9.17, 15) is 9.59 Å². The van der Waals surface area contributed by atoms with Crippen molar-refractivity contribution in [1.82, 2.24) is 9.78 Å². The number of carbonyl (C=O) groups is 2. The lowest BCUT2D eigenvalue weighted by atomic mass is 10.1. The van der Waals surface area contributed by atoms with Crippen LogP contribution >= 0.6 is 11.8 Å². The van der Waals surface area contributed by atoms with Gasteiger partial charge in [-0.1, -0.05) is 23.9 Å². The molecule has 7 heteroatoms. The molecule has 1 aromatic heterocycles. The van der Waals surface area contributed by atoms with Crippen LogP contribution in [0.5, 0.6) is 0 Å². The second-order valence-electron chi connectivity index (χ2n) is 6.09. The number of anilines is 2. The number of aromatic nitrogens is 2. The fraction of sp³-hybridized carbons (Fsp3) is 0.353. The molecule has 6 nitrogen and oxygen atoms in total. The normalized spacial score (nSPS) is 20.0. The van der Waals surface area contributed by atoms with Gasteiger partial charge >= 0.3 is 0 Å². The average molecular weight is 344 g/mol. The molecule has 0 saturated carbocycles. The van der Waals surface area contributed by atoms with Gasteiger partial charge < -0.3 is 10.2 Å². The van der Waals surface area contributed by atoms with E-state index in [0.29, 0.717) is 5.69 Å². The first kappa shape index (κ1) is 16.6. The number of rotatable bonds is 2. The number of nitrogens with zero attached hydrogens (tertiary/aromatic N) is 3. The molecule has 0 aliphatic carbocycles. The SMILES string of the molecule is Cc1nn(C)c(C)c1NC(=O)C1(C)Sc2ccccc2N(C)C1=O. The van der Waals surface area contributed by atoms with Gasteiger partial charge in [-0.25, -0.2) is 0 Å². The van der Waals surface area contributed by atoms with E-state index in [-0.39, 0.29) is 11.8 Å². The summed E-state index contributed by atoms with van der Waals surface area (Å²) >= 11 is 1.29. The largest absolute Gasteiger partial charge is 0.321 e. The lowest BCUT2D eigenvalue weighted by Gasteiger charge is -2.36. The highest BCUT2D eigenvalue weighted by Gasteiger charge is 2.48. The van der Waals surface area contributed by atoms with Crippen LogP contribution in [0.2, 0.25) is 0 Å². The zero-order chi connectivity index (χ0) is 17.6. The van der Waals surface area contributed by atoms with Crippen molar-refractivity contribution >= 4 is 35.0 Å². The molecular weight excluding hydrogens is 324 g/mol. The minimum absolute atomic E-state index is 0.233. The molecule has 1 aliphatic heterocycles. The molecule has 1 aromatic carbocycles. The number of para-hydroxylation sites is 1. The van der Waals surface area contributed by atoms with Crippen molar-refractivity contribution in [2.75, 3.05) is 17.3 Å². The minimum Gasteiger partial charge on any atom is -0.321 e. The third-order valence-corrected chi connectivity index (χ3v) is 5.77. The van der Waals surface area contributed by atoms with Gasteiger partial charge in [0.25, 0.3) is 5.91 Å². The molecule has 3 rings (SSSR count). The van der Waals surface area contributed by atoms with Crippen molar-refractivity contribution in [3.05, 3.63) is 35.7 Å². The van der Waals surface area contributed by atoms with Crippen LogP contribution in [0.1, 0.15) is 18.3 Å². The van der Waals surface area contributed by atoms with Crippen LogP contribution < -0.4 is 10.2 Å². The Morgan fingerprint density at radius 2 is 1.92 bits per heavy atom. The second kappa shape index (κ2) is 5.66. The summed E-state index contributed by atoms with van der Waals surface area (Å²) in [6.45, 7) is 5.39. The van der Waals surface area contributed by atoms with Gasteiger partial charge in [0, 0.05) is 19.0 Å². The summed E-state index contributed by atoms with van der Waals surface area (Å²) < 4.78 is 0.488. The Bertz CT molecular complexity index is 845. The Kier molecular flexibility index (Phi) is 3.91. The van der Waals surface area contributed by atoms with Crippen molar-refractivity contribution in [2.24, 2.45) is 7.05 Å². The first-order chi connectivity index (χ1) is 11.3. The van der Waals surface area contributed by atoms with Crippen LogP contribution in [0.25, 0.3) is 0 Å². The smallest absolute Gasteiger partial charge is 0.252 e. The number of hydrogen-bond acceptors (Lipinski definition) is 4. The molecule has 0 saturated heterocycles. The number of fused-ring (bicyclic) bond motifs is 1. The number of benzene rings is 1. The lowest BCUT2D eigenvalue weighted by Crippen LogP contribution is -2.53. The molecular formula is C17H20N4O2S. The number of aryl methyl sites for hydroxylation is 2. The summed E-state index contributed by atoms with van der Waals surface area (Å²) in [7, 11) is 3.53. The molecule has 2 amide bonds. The van der Waals surface area contributed by atoms with E-state index in [1.807, 2.05) is 45.2 Å². The predicted octanol–water partition coefficient (Wildman–Crippen LogP) is 2.50. The van der Waals surface area contributed by atoms with Crippen molar-refractivity contribution in [2.45, 2.75) is 30.4 Å². The summed E-state index contributed by atoms with van der Waals surface area (Å²) in [5.41, 5.74) is 3.07. The molecule has 2 heterocycles. The maximum absolute atomic E-state index is 13.0. The molecule has 126 valence electrons. The Morgan fingerprint density at radius 3 is 2.54 bits per heavy atom. The standard InChI is InChI=1S/C17H20N4O2S/c1-10-14(11(2)21(5)19-10)18-15(22)17(3)16(23)20(4)12-8-6-7-9-13(12)24-17/h6-9H,1-5H3,(H,18,22). The Morgan fingerprint density at radius 1 is 1.25 bits per heavy atom. The van der Waals surface area contributed by atoms with E-state index < -0.39 is 4.75 Å². The number of thioether (sulfide) groups is 1. The number of hydrogen-bond donors (Lipinski definition) is 1. The van der Waals surface area contributed by atoms with Crippen LogP contribution in [-0.2, 0) is 16.6 Å². The van der Waals surface area contributed by atoms with E-state index in [1.54, 1.807) is 23.6 Å². The van der Waals surface area contributed by atoms with Crippen LogP contribution in [-0.4, -0.2) is 33.4 Å². The molecule has 24 heavy (non-hydrogen) atoms. The van der Waals surface area contributed by atoms with Gasteiger partial charge in [-0.2, -0.15) is 5.10 Å². The molecule has 1 unspecified atom stereocenters. The van der Waals surface area contributed by atoms with E-state index in [2.05, 4.69) is 10.4 Å². The highest BCUT2D eigenvalue weighted by molar-refractivity contribution is 8.02. The minimum atomic E-state index is -1.22. The van der Waals surface area contributed by atoms with Gasteiger partial charge in [0.1, 0.15) is 0 Å². The van der Waals surface area contributed by atoms with Crippen molar-refractivity contribution in [3.63, 3.8) is 0 Å². The molecule has 1 atom stereocenters. The van der Waals surface area contributed by atoms with Crippen molar-refractivity contribution < 1.29 is 9.59 Å². The highest BCUT2D eigenvalue weighted by atomic mass is 32.2. The Hall–Kier alpha value is -2.28. The summed E-state index contributed by atoms with van der Waals surface area (Å²) in [5.74, 6) is -0.569. The van der Waals surface area contributed by atoms with Crippen LogP contribution in [0.3, 0.4) is 0 Å². The van der Waals surface area contributed by atoms with Gasteiger partial charge in [-0.15, -0.1) is 0 Å². The molecule has 2 aromatic rings. The number of nitrogens with one attached hydrogen (secondary N) is 1. The maximum Gasteiger partial charge on any atom is 0.252 e. The van der Waals surface area contributed by atoms with E-state index in [1.165, 1.54) is 11.8 Å². The molecule has 0 radical (unpaired) electrons. The van der Waals surface area contributed by atoms with Crippen LogP contribution in [0.4, 0.5) is 11.4 Å². The van der Waals surface area contributed by atoms with Crippen molar-refractivity contribution in [3.8, 4) is 0 Å². The average Bonchev–Trinajstić information content (AvgIpc) is 2.79. The first-order valence-electron chi connectivity index (χ1n) is 7.63. The third kappa shape index (κ3) is 2.39. The quantitative estimate of drug-likeness (QED) is 0.850. The number of amides is 2. The predicted molar refractivity (Wildman–Crippen MR) is 95.4 cm³/mol. The molecule has 1 N–H and O–H groups in total. The lowest BCUT2D eigenvalue weighted by molar-refractivity contribution is -0.128. The van der Waals surface area contributed by atoms with E-state index >= 15 is 0 Å². The van der Waals surface area contributed by atoms with E-state index in [0.717, 1.165) is 22.0 Å². The Balaban J connectivity index is 1.96. The number of carbonyl (C=O) groups excluding carboxylic acids is 2. The highest BCUT2D eigenvalue weighted by Crippen LogP contribution is 2.45. The topological polar surface area (TPSA) is 67.2 Å². The molecule has 0 bridgehead atoms. The zero-order valence-electron chi connectivity index (χ0n) is 14.4. The molecule has 1 aliphatic rings. The van der Waals surface area contributed by atoms with E-state index in [4.69, 9.17) is 0 Å². The van der Waals surface area contributed by atoms with Gasteiger partial charge in [-0.05, 0) is 32.9 Å². The Labute approximate surface area is 145 Å². The summed E-state index contributed by atoms with van der Waals surface area (Å²) in [6, 6.07) is 7.60. The van der Waals surface area contributed by atoms with Gasteiger partial charge in [-0.3, -0.25) is 14.3 Å². The van der Waals surface area contributed by atoms with Gasteiger partial charge in [0.05, 0.1) is 22.8 Å². The monoisotopic (exact) mass is 344 g/mol. The maximum atomic E-state index is 13.0. The molecule has 0 fully saturated rings. The van der Waals surface area contributed by atoms with Gasteiger partial charge in [0.15, 0.2) is 4.75 Å². The second-order valence-corrected chi connectivity index (χ2v) is 7.55.